The summed E-state index contributed by atoms with van der Waals surface area (Å²) >= 11 is 1.50. The summed E-state index contributed by atoms with van der Waals surface area (Å²) in [7, 11) is 0. The third-order valence-electron chi connectivity index (χ3n) is 4.77. The summed E-state index contributed by atoms with van der Waals surface area (Å²) in [6.07, 6.45) is -2.65. The Morgan fingerprint density at radius 2 is 1.90 bits per heavy atom. The van der Waals surface area contributed by atoms with E-state index in [9.17, 15) is 18.0 Å². The molecule has 0 saturated heterocycles. The number of hydrogen-bond acceptors (Lipinski definition) is 4. The smallest absolute Gasteiger partial charge is 0.416 e. The van der Waals surface area contributed by atoms with Crippen LogP contribution in [0.25, 0.3) is 22.4 Å². The van der Waals surface area contributed by atoms with Gasteiger partial charge in [0.25, 0.3) is 0 Å². The number of aromatic nitrogens is 2. The highest BCUT2D eigenvalue weighted by Crippen LogP contribution is 2.33. The highest BCUT2D eigenvalue weighted by atomic mass is 32.2. The number of thioether (sulfide) groups is 1. The molecule has 0 bridgehead atoms. The van der Waals surface area contributed by atoms with E-state index < -0.39 is 17.7 Å². The van der Waals surface area contributed by atoms with E-state index in [1.807, 2.05) is 24.3 Å². The second-order valence-corrected chi connectivity index (χ2v) is 8.00. The first kappa shape index (κ1) is 21.0. The Balaban J connectivity index is 1.51. The fourth-order valence-corrected chi connectivity index (χ4v) is 4.10. The number of carboxylic acids is 1. The molecule has 160 valence electrons. The zero-order valence-corrected chi connectivity index (χ0v) is 17.1. The minimum atomic E-state index is -4.39. The topological polar surface area (TPSA) is 68.3 Å². The second kappa shape index (κ2) is 8.14. The second-order valence-electron chi connectivity index (χ2n) is 6.95. The van der Waals surface area contributed by atoms with Crippen molar-refractivity contribution in [3.8, 4) is 11.5 Å². The molecule has 2 aromatic carbocycles. The fourth-order valence-electron chi connectivity index (χ4n) is 3.17. The third-order valence-corrected chi connectivity index (χ3v) is 5.77. The van der Waals surface area contributed by atoms with Crippen molar-refractivity contribution in [2.75, 3.05) is 0 Å². The molecule has 0 fully saturated rings. The first-order chi connectivity index (χ1) is 14.7. The van der Waals surface area contributed by atoms with Gasteiger partial charge in [-0.05, 0) is 54.8 Å². The molecule has 0 atom stereocenters. The largest absolute Gasteiger partial charge is 0.480 e. The van der Waals surface area contributed by atoms with Crippen LogP contribution >= 0.6 is 11.8 Å². The number of rotatable bonds is 6. The van der Waals surface area contributed by atoms with Gasteiger partial charge < -0.3 is 14.1 Å². The molecule has 5 nitrogen and oxygen atoms in total. The predicted molar refractivity (Wildman–Crippen MR) is 111 cm³/mol. The molecule has 2 aromatic heterocycles. The van der Waals surface area contributed by atoms with Gasteiger partial charge in [0.2, 0.25) is 5.89 Å². The Kier molecular flexibility index (Phi) is 5.53. The molecule has 4 aromatic rings. The van der Waals surface area contributed by atoms with Gasteiger partial charge in [-0.1, -0.05) is 6.07 Å². The van der Waals surface area contributed by atoms with Gasteiger partial charge in [0.1, 0.15) is 12.3 Å². The van der Waals surface area contributed by atoms with E-state index in [-0.39, 0.29) is 12.4 Å². The number of carbonyl (C=O) groups is 1. The minimum Gasteiger partial charge on any atom is -0.480 e. The SMILES string of the molecule is Cc1nc(-c2ccc(C(F)(F)F)cc2)oc1CSc1ccc2ccn(CC(=O)O)c2c1. The van der Waals surface area contributed by atoms with Crippen LogP contribution in [-0.4, -0.2) is 20.6 Å². The lowest BCUT2D eigenvalue weighted by atomic mass is 10.1. The zero-order chi connectivity index (χ0) is 22.2. The molecule has 0 amide bonds. The van der Waals surface area contributed by atoms with Crippen molar-refractivity contribution in [3.05, 3.63) is 71.7 Å². The van der Waals surface area contributed by atoms with Crippen LogP contribution in [0.15, 0.2) is 64.0 Å². The number of oxazole rings is 1. The van der Waals surface area contributed by atoms with Crippen molar-refractivity contribution in [1.82, 2.24) is 9.55 Å². The van der Waals surface area contributed by atoms with E-state index in [2.05, 4.69) is 4.98 Å². The van der Waals surface area contributed by atoms with Crippen LogP contribution in [0.3, 0.4) is 0 Å². The van der Waals surface area contributed by atoms with E-state index in [0.29, 0.717) is 22.8 Å². The Labute approximate surface area is 179 Å². The molecule has 31 heavy (non-hydrogen) atoms. The van der Waals surface area contributed by atoms with Gasteiger partial charge in [0, 0.05) is 22.2 Å². The summed E-state index contributed by atoms with van der Waals surface area (Å²) in [5.74, 6) is 0.460. The number of halogens is 3. The van der Waals surface area contributed by atoms with Crippen LogP contribution in [0.4, 0.5) is 13.2 Å². The summed E-state index contributed by atoms with van der Waals surface area (Å²) in [6, 6.07) is 12.4. The van der Waals surface area contributed by atoms with Gasteiger partial charge in [-0.25, -0.2) is 4.98 Å². The van der Waals surface area contributed by atoms with Crippen LogP contribution in [0.2, 0.25) is 0 Å². The standard InChI is InChI=1S/C22H17F3N2O3S/c1-13-19(30-21(26-13)15-2-5-16(6-3-15)22(23,24)25)12-31-17-7-4-14-8-9-27(11-20(28)29)18(14)10-17/h2-10H,11-12H2,1H3,(H,28,29). The van der Waals surface area contributed by atoms with Gasteiger partial charge in [-0.15, -0.1) is 11.8 Å². The number of nitrogens with zero attached hydrogens (tertiary/aromatic N) is 2. The summed E-state index contributed by atoms with van der Waals surface area (Å²) in [5.41, 5.74) is 1.24. The van der Waals surface area contributed by atoms with Gasteiger partial charge in [0.05, 0.1) is 17.0 Å². The summed E-state index contributed by atoms with van der Waals surface area (Å²) in [4.78, 5) is 16.3. The van der Waals surface area contributed by atoms with Crippen LogP contribution in [0.5, 0.6) is 0 Å². The summed E-state index contributed by atoms with van der Waals surface area (Å²) in [5, 5.41) is 10.00. The maximum atomic E-state index is 12.7. The monoisotopic (exact) mass is 446 g/mol. The number of carboxylic acid groups (broad SMARTS) is 1. The molecular formula is C22H17F3N2O3S. The van der Waals surface area contributed by atoms with Gasteiger partial charge in [-0.3, -0.25) is 4.79 Å². The quantitative estimate of drug-likeness (QED) is 0.368. The minimum absolute atomic E-state index is 0.116. The van der Waals surface area contributed by atoms with Crippen LogP contribution in [-0.2, 0) is 23.3 Å². The average Bonchev–Trinajstić information content (AvgIpc) is 3.28. The molecule has 0 radical (unpaired) electrons. The van der Waals surface area contributed by atoms with E-state index in [0.717, 1.165) is 27.9 Å². The van der Waals surface area contributed by atoms with Crippen LogP contribution in [0, 0.1) is 6.92 Å². The summed E-state index contributed by atoms with van der Waals surface area (Å²) in [6.45, 7) is 1.67. The molecule has 2 heterocycles. The molecule has 0 spiro atoms. The highest BCUT2D eigenvalue weighted by molar-refractivity contribution is 7.98. The first-order valence-corrected chi connectivity index (χ1v) is 10.3. The molecule has 1 N–H and O–H groups in total. The van der Waals surface area contributed by atoms with Gasteiger partial charge >= 0.3 is 12.1 Å². The number of benzene rings is 2. The Morgan fingerprint density at radius 1 is 1.16 bits per heavy atom. The molecular weight excluding hydrogens is 429 g/mol. The lowest BCUT2D eigenvalue weighted by molar-refractivity contribution is -0.138. The molecule has 0 aliphatic carbocycles. The van der Waals surface area contributed by atoms with E-state index in [1.165, 1.54) is 23.9 Å². The van der Waals surface area contributed by atoms with E-state index in [1.54, 1.807) is 17.7 Å². The summed E-state index contributed by atoms with van der Waals surface area (Å²) < 4.78 is 45.7. The van der Waals surface area contributed by atoms with E-state index in [4.69, 9.17) is 9.52 Å². The van der Waals surface area contributed by atoms with Gasteiger partial charge in [-0.2, -0.15) is 13.2 Å². The number of aryl methyl sites for hydroxylation is 1. The first-order valence-electron chi connectivity index (χ1n) is 9.28. The maximum absolute atomic E-state index is 12.7. The number of aliphatic carboxylic acids is 1. The van der Waals surface area contributed by atoms with Crippen molar-refractivity contribution in [2.24, 2.45) is 0 Å². The normalized spacial score (nSPS) is 11.9. The molecule has 0 saturated carbocycles. The number of hydrogen-bond donors (Lipinski definition) is 1. The van der Waals surface area contributed by atoms with Crippen molar-refractivity contribution in [3.63, 3.8) is 0 Å². The predicted octanol–water partition coefficient (Wildman–Crippen LogP) is 6.00. The Hall–Kier alpha value is -3.20. The Morgan fingerprint density at radius 3 is 2.58 bits per heavy atom. The van der Waals surface area contributed by atoms with Crippen molar-refractivity contribution in [1.29, 1.82) is 0 Å². The number of alkyl halides is 3. The molecule has 9 heteroatoms. The van der Waals surface area contributed by atoms with Crippen molar-refractivity contribution in [2.45, 2.75) is 30.3 Å². The van der Waals surface area contributed by atoms with Gasteiger partial charge in [0.15, 0.2) is 0 Å². The fraction of sp³-hybridized carbons (Fsp3) is 0.182. The molecule has 0 aliphatic heterocycles. The van der Waals surface area contributed by atoms with Crippen LogP contribution < -0.4 is 0 Å². The average molecular weight is 446 g/mol. The highest BCUT2D eigenvalue weighted by Gasteiger charge is 2.30. The van der Waals surface area contributed by atoms with E-state index >= 15 is 0 Å². The number of fused-ring (bicyclic) bond motifs is 1. The Bertz CT molecular complexity index is 1240. The molecule has 0 aliphatic rings. The van der Waals surface area contributed by atoms with Crippen molar-refractivity contribution < 1.29 is 27.5 Å². The molecule has 0 unspecified atom stereocenters. The van der Waals surface area contributed by atoms with Crippen LogP contribution in [0.1, 0.15) is 17.0 Å². The lowest BCUT2D eigenvalue weighted by Crippen LogP contribution is -2.07. The zero-order valence-electron chi connectivity index (χ0n) is 16.3. The lowest BCUT2D eigenvalue weighted by Gasteiger charge is -2.06. The maximum Gasteiger partial charge on any atom is 0.416 e. The molecule has 4 rings (SSSR count). The third kappa shape index (κ3) is 4.61. The van der Waals surface area contributed by atoms with Crippen molar-refractivity contribution >= 4 is 28.6 Å².